The minimum absolute atomic E-state index is 0.376. The van der Waals surface area contributed by atoms with Crippen molar-refractivity contribution in [3.63, 3.8) is 0 Å². The van der Waals surface area contributed by atoms with Gasteiger partial charge in [0.15, 0.2) is 0 Å². The first-order chi connectivity index (χ1) is 12.0. The van der Waals surface area contributed by atoms with Gasteiger partial charge in [-0.3, -0.25) is 4.99 Å². The van der Waals surface area contributed by atoms with E-state index in [0.29, 0.717) is 17.6 Å². The lowest BCUT2D eigenvalue weighted by Gasteiger charge is -2.22. The summed E-state index contributed by atoms with van der Waals surface area (Å²) in [5, 5.41) is 10.4. The highest BCUT2D eigenvalue weighted by Crippen LogP contribution is 2.58. The number of benzene rings is 1. The predicted octanol–water partition coefficient (Wildman–Crippen LogP) is 5.06. The van der Waals surface area contributed by atoms with Gasteiger partial charge in [-0.25, -0.2) is 4.98 Å². The number of phenolic OH excluding ortho intramolecular Hbond substituents is 1. The van der Waals surface area contributed by atoms with Crippen molar-refractivity contribution in [2.24, 2.45) is 4.99 Å². The van der Waals surface area contributed by atoms with E-state index in [0.717, 1.165) is 17.1 Å². The molecule has 1 aromatic heterocycles. The smallest absolute Gasteiger partial charge is 0.119 e. The van der Waals surface area contributed by atoms with Gasteiger partial charge >= 0.3 is 0 Å². The van der Waals surface area contributed by atoms with Gasteiger partial charge in [0, 0.05) is 16.8 Å². The Morgan fingerprint density at radius 2 is 1.88 bits per heavy atom. The van der Waals surface area contributed by atoms with Gasteiger partial charge in [0.05, 0.1) is 11.4 Å². The van der Waals surface area contributed by atoms with Gasteiger partial charge < -0.3 is 5.11 Å². The van der Waals surface area contributed by atoms with Crippen LogP contribution in [0.5, 0.6) is 5.75 Å². The van der Waals surface area contributed by atoms with Crippen molar-refractivity contribution in [1.82, 2.24) is 4.98 Å². The Kier molecular flexibility index (Phi) is 3.00. The lowest BCUT2D eigenvalue weighted by Crippen LogP contribution is -2.16. The average molecular weight is 330 g/mol. The van der Waals surface area contributed by atoms with Crippen LogP contribution in [0.2, 0.25) is 0 Å². The molecule has 2 aliphatic carbocycles. The van der Waals surface area contributed by atoms with Crippen molar-refractivity contribution < 1.29 is 5.11 Å². The molecule has 1 N–H and O–H groups in total. The molecule has 2 aromatic rings. The molecule has 126 valence electrons. The van der Waals surface area contributed by atoms with Gasteiger partial charge in [0.25, 0.3) is 0 Å². The number of allylic oxidation sites excluding steroid dienone is 1. The molecule has 3 atom stereocenters. The van der Waals surface area contributed by atoms with E-state index in [4.69, 9.17) is 9.98 Å². The first-order valence-electron chi connectivity index (χ1n) is 9.14. The summed E-state index contributed by atoms with van der Waals surface area (Å²) in [5.41, 5.74) is 6.35. The van der Waals surface area contributed by atoms with E-state index < -0.39 is 0 Å². The minimum Gasteiger partial charge on any atom is -0.508 e. The Morgan fingerprint density at radius 1 is 1.08 bits per heavy atom. The van der Waals surface area contributed by atoms with Gasteiger partial charge in [0.1, 0.15) is 11.3 Å². The molecule has 1 aliphatic heterocycles. The Morgan fingerprint density at radius 3 is 2.64 bits per heavy atom. The molecule has 2 bridgehead atoms. The molecule has 0 amide bonds. The number of aromatic nitrogens is 1. The molecule has 1 fully saturated rings. The fourth-order valence-electron chi connectivity index (χ4n) is 4.96. The Bertz CT molecular complexity index is 943. The van der Waals surface area contributed by atoms with Gasteiger partial charge in [-0.2, -0.15) is 0 Å². The van der Waals surface area contributed by atoms with E-state index in [9.17, 15) is 5.11 Å². The van der Waals surface area contributed by atoms with Crippen LogP contribution < -0.4 is 0 Å². The fourth-order valence-corrected chi connectivity index (χ4v) is 4.96. The zero-order valence-electron chi connectivity index (χ0n) is 14.7. The summed E-state index contributed by atoms with van der Waals surface area (Å²) in [7, 11) is 0. The number of fused-ring (bicyclic) bond motifs is 5. The van der Waals surface area contributed by atoms with Crippen molar-refractivity contribution in [3.8, 4) is 17.0 Å². The molecule has 0 radical (unpaired) electrons. The first kappa shape index (κ1) is 14.9. The molecule has 2 heterocycles. The standard InChI is InChI=1S/C22H22N2O/c1-13-10-11-22(2,24-13)19-5-3-4-17(23-19)16-8-9-18(25)21-15-7-6-14(12-15)20(16)21/h3-5,8-11,14-15,25H,6-7,12H2,1-2H3. The van der Waals surface area contributed by atoms with Crippen LogP contribution in [-0.4, -0.2) is 15.8 Å². The summed E-state index contributed by atoms with van der Waals surface area (Å²) >= 11 is 0. The highest BCUT2D eigenvalue weighted by molar-refractivity contribution is 5.95. The minimum atomic E-state index is -0.376. The summed E-state index contributed by atoms with van der Waals surface area (Å²) in [6.45, 7) is 4.13. The lowest BCUT2D eigenvalue weighted by atomic mass is 9.86. The van der Waals surface area contributed by atoms with Crippen molar-refractivity contribution in [1.29, 1.82) is 0 Å². The quantitative estimate of drug-likeness (QED) is 0.836. The molecule has 0 saturated heterocycles. The Balaban J connectivity index is 1.65. The van der Waals surface area contributed by atoms with E-state index in [1.54, 1.807) is 0 Å². The summed E-state index contributed by atoms with van der Waals surface area (Å²) < 4.78 is 0. The molecule has 3 aliphatic rings. The number of pyridine rings is 1. The molecule has 25 heavy (non-hydrogen) atoms. The number of aliphatic imine (C=N–C) groups is 1. The third-order valence-corrected chi connectivity index (χ3v) is 6.11. The topological polar surface area (TPSA) is 45.5 Å². The maximum absolute atomic E-state index is 10.4. The summed E-state index contributed by atoms with van der Waals surface area (Å²) in [6.07, 6.45) is 7.81. The van der Waals surface area contributed by atoms with Crippen LogP contribution in [0.4, 0.5) is 0 Å². The highest BCUT2D eigenvalue weighted by Gasteiger charge is 2.40. The molecule has 3 nitrogen and oxygen atoms in total. The van der Waals surface area contributed by atoms with Crippen molar-refractivity contribution in [2.45, 2.75) is 50.5 Å². The van der Waals surface area contributed by atoms with Crippen molar-refractivity contribution in [2.75, 3.05) is 0 Å². The van der Waals surface area contributed by atoms with Crippen molar-refractivity contribution >= 4 is 5.71 Å². The SMILES string of the molecule is CC1=NC(C)(c2cccc(-c3ccc(O)c4c3C3CCC4C3)n2)C=C1. The zero-order valence-corrected chi connectivity index (χ0v) is 14.7. The van der Waals surface area contributed by atoms with Gasteiger partial charge in [0.2, 0.25) is 0 Å². The molecule has 1 saturated carbocycles. The van der Waals surface area contributed by atoms with Crippen LogP contribution in [0, 0.1) is 0 Å². The predicted molar refractivity (Wildman–Crippen MR) is 100 cm³/mol. The molecule has 5 rings (SSSR count). The molecule has 1 aromatic carbocycles. The second kappa shape index (κ2) is 5.04. The van der Waals surface area contributed by atoms with E-state index in [2.05, 4.69) is 37.3 Å². The molecular formula is C22H22N2O. The van der Waals surface area contributed by atoms with Gasteiger partial charge in [-0.05, 0) is 86.9 Å². The summed E-state index contributed by atoms with van der Waals surface area (Å²) in [4.78, 5) is 9.74. The summed E-state index contributed by atoms with van der Waals surface area (Å²) in [6, 6.07) is 10.1. The molecule has 3 heteroatoms. The second-order valence-electron chi connectivity index (χ2n) is 7.81. The van der Waals surface area contributed by atoms with Crippen LogP contribution in [0.3, 0.4) is 0 Å². The fraction of sp³-hybridized carbons (Fsp3) is 0.364. The number of aromatic hydroxyl groups is 1. The van der Waals surface area contributed by atoms with Gasteiger partial charge in [-0.15, -0.1) is 0 Å². The van der Waals surface area contributed by atoms with E-state index in [1.807, 2.05) is 19.1 Å². The third-order valence-electron chi connectivity index (χ3n) is 6.11. The molecule has 0 spiro atoms. The number of hydrogen-bond acceptors (Lipinski definition) is 3. The maximum Gasteiger partial charge on any atom is 0.119 e. The molecular weight excluding hydrogens is 308 g/mol. The summed E-state index contributed by atoms with van der Waals surface area (Å²) in [5.74, 6) is 1.58. The van der Waals surface area contributed by atoms with Crippen LogP contribution in [-0.2, 0) is 5.54 Å². The first-order valence-corrected chi connectivity index (χ1v) is 9.14. The molecule has 3 unspecified atom stereocenters. The highest BCUT2D eigenvalue weighted by atomic mass is 16.3. The van der Waals surface area contributed by atoms with Crippen LogP contribution in [0.25, 0.3) is 11.3 Å². The third kappa shape index (κ3) is 2.11. The van der Waals surface area contributed by atoms with E-state index in [-0.39, 0.29) is 5.54 Å². The van der Waals surface area contributed by atoms with Crippen LogP contribution in [0.15, 0.2) is 47.5 Å². The largest absolute Gasteiger partial charge is 0.508 e. The lowest BCUT2D eigenvalue weighted by molar-refractivity contribution is 0.462. The van der Waals surface area contributed by atoms with E-state index in [1.165, 1.54) is 36.0 Å². The van der Waals surface area contributed by atoms with Crippen LogP contribution >= 0.6 is 0 Å². The van der Waals surface area contributed by atoms with Crippen molar-refractivity contribution in [3.05, 3.63) is 59.3 Å². The second-order valence-corrected chi connectivity index (χ2v) is 7.81. The monoisotopic (exact) mass is 330 g/mol. The van der Waals surface area contributed by atoms with Crippen LogP contribution in [0.1, 0.15) is 61.8 Å². The number of phenols is 1. The maximum atomic E-state index is 10.4. The van der Waals surface area contributed by atoms with Gasteiger partial charge in [-0.1, -0.05) is 6.07 Å². The Hall–Kier alpha value is -2.42. The average Bonchev–Trinajstić information content (AvgIpc) is 3.31. The number of rotatable bonds is 2. The van der Waals surface area contributed by atoms with E-state index >= 15 is 0 Å². The number of nitrogens with zero attached hydrogens (tertiary/aromatic N) is 2. The normalized spacial score (nSPS) is 29.1. The number of hydrogen-bond donors (Lipinski definition) is 1. The Labute approximate surface area is 148 Å². The zero-order chi connectivity index (χ0) is 17.2.